The van der Waals surface area contributed by atoms with E-state index in [2.05, 4.69) is 15.3 Å². The molecule has 1 saturated heterocycles. The quantitative estimate of drug-likeness (QED) is 0.374. The molecule has 0 bridgehead atoms. The summed E-state index contributed by atoms with van der Waals surface area (Å²) < 4.78 is 30.9. The number of anilines is 1. The van der Waals surface area contributed by atoms with Gasteiger partial charge in [0.1, 0.15) is 18.1 Å². The van der Waals surface area contributed by atoms with Crippen LogP contribution >= 0.6 is 0 Å². The van der Waals surface area contributed by atoms with Crippen LogP contribution in [0.5, 0.6) is 0 Å². The largest absolute Gasteiger partial charge is 0.445 e. The van der Waals surface area contributed by atoms with E-state index in [9.17, 15) is 18.0 Å². The summed E-state index contributed by atoms with van der Waals surface area (Å²) >= 11 is 0. The molecule has 1 fully saturated rings. The van der Waals surface area contributed by atoms with Crippen LogP contribution in [0, 0.1) is 0 Å². The van der Waals surface area contributed by atoms with Crippen LogP contribution < -0.4 is 5.32 Å². The molecule has 1 N–H and O–H groups in total. The molecule has 202 valence electrons. The van der Waals surface area contributed by atoms with Crippen molar-refractivity contribution >= 4 is 33.3 Å². The fraction of sp³-hybridized carbons (Fsp3) is 0.259. The SMILES string of the molecule is CS(=O)(=O)c1ccc(-c2nc3cnccn3c2NCC(=O)N2CCN(C(=O)OCc3ccccc3)CC2)cc1. The Bertz CT molecular complexity index is 1580. The molecule has 0 aliphatic carbocycles. The molecule has 0 radical (unpaired) electrons. The molecule has 1 aliphatic heterocycles. The maximum Gasteiger partial charge on any atom is 0.410 e. The number of hydrogen-bond acceptors (Lipinski definition) is 8. The monoisotopic (exact) mass is 548 g/mol. The van der Waals surface area contributed by atoms with Gasteiger partial charge >= 0.3 is 6.09 Å². The van der Waals surface area contributed by atoms with Gasteiger partial charge in [0, 0.05) is 50.4 Å². The van der Waals surface area contributed by atoms with Gasteiger partial charge in [-0.1, -0.05) is 42.5 Å². The molecule has 0 atom stereocenters. The number of fused-ring (bicyclic) bond motifs is 1. The zero-order chi connectivity index (χ0) is 27.4. The van der Waals surface area contributed by atoms with Crippen LogP contribution in [-0.2, 0) is 26.0 Å². The first-order chi connectivity index (χ1) is 18.8. The predicted molar refractivity (Wildman–Crippen MR) is 145 cm³/mol. The minimum absolute atomic E-state index is 0.0169. The van der Waals surface area contributed by atoms with Crippen LogP contribution in [-0.4, -0.2) is 83.6 Å². The second-order valence-electron chi connectivity index (χ2n) is 9.17. The van der Waals surface area contributed by atoms with Gasteiger partial charge in [-0.15, -0.1) is 0 Å². The number of amides is 2. The van der Waals surface area contributed by atoms with E-state index in [0.717, 1.165) is 11.8 Å². The lowest BCUT2D eigenvalue weighted by molar-refractivity contribution is -0.130. The molecule has 5 rings (SSSR count). The lowest BCUT2D eigenvalue weighted by atomic mass is 10.1. The molecule has 11 nitrogen and oxygen atoms in total. The molecule has 12 heteroatoms. The molecule has 39 heavy (non-hydrogen) atoms. The maximum absolute atomic E-state index is 13.0. The third-order valence-corrected chi connectivity index (χ3v) is 7.62. The van der Waals surface area contributed by atoms with E-state index in [1.807, 2.05) is 30.3 Å². The number of imidazole rings is 1. The van der Waals surface area contributed by atoms with Gasteiger partial charge in [-0.3, -0.25) is 14.2 Å². The van der Waals surface area contributed by atoms with Crippen molar-refractivity contribution < 1.29 is 22.7 Å². The van der Waals surface area contributed by atoms with Gasteiger partial charge in [0.2, 0.25) is 5.91 Å². The van der Waals surface area contributed by atoms with Crippen molar-refractivity contribution in [3.8, 4) is 11.3 Å². The fourth-order valence-corrected chi connectivity index (χ4v) is 4.99. The first kappa shape index (κ1) is 26.2. The molecular formula is C27H28N6O5S. The smallest absolute Gasteiger partial charge is 0.410 e. The summed E-state index contributed by atoms with van der Waals surface area (Å²) in [5.74, 6) is 0.477. The van der Waals surface area contributed by atoms with Gasteiger partial charge < -0.3 is 19.9 Å². The zero-order valence-corrected chi connectivity index (χ0v) is 22.2. The van der Waals surface area contributed by atoms with Crippen LogP contribution in [0.15, 0.2) is 78.1 Å². The van der Waals surface area contributed by atoms with E-state index < -0.39 is 15.9 Å². The van der Waals surface area contributed by atoms with Crippen LogP contribution in [0.1, 0.15) is 5.56 Å². The molecule has 0 saturated carbocycles. The Labute approximate surface area is 226 Å². The minimum Gasteiger partial charge on any atom is -0.445 e. The number of nitrogens with one attached hydrogen (secondary N) is 1. The summed E-state index contributed by atoms with van der Waals surface area (Å²) in [7, 11) is -3.33. The first-order valence-electron chi connectivity index (χ1n) is 12.4. The van der Waals surface area contributed by atoms with Gasteiger partial charge in [0.05, 0.1) is 17.6 Å². The van der Waals surface area contributed by atoms with E-state index in [1.165, 1.54) is 12.1 Å². The van der Waals surface area contributed by atoms with Crippen molar-refractivity contribution in [2.45, 2.75) is 11.5 Å². The van der Waals surface area contributed by atoms with E-state index in [1.54, 1.807) is 44.9 Å². The average Bonchev–Trinajstić information content (AvgIpc) is 3.33. The van der Waals surface area contributed by atoms with Gasteiger partial charge in [-0.05, 0) is 17.7 Å². The third-order valence-electron chi connectivity index (χ3n) is 6.49. The van der Waals surface area contributed by atoms with E-state index in [-0.39, 0.29) is 24.0 Å². The molecule has 1 aliphatic rings. The second-order valence-corrected chi connectivity index (χ2v) is 11.2. The standard InChI is InChI=1S/C27H28N6O5S/c1-39(36,37)22-9-7-21(8-10-22)25-26(33-12-11-28-17-23(33)30-25)29-18-24(34)31-13-15-32(16-14-31)27(35)38-19-20-5-3-2-4-6-20/h2-12,17,29H,13-16,18-19H2,1H3. The van der Waals surface area contributed by atoms with Crippen molar-refractivity contribution in [2.75, 3.05) is 44.3 Å². The number of carbonyl (C=O) groups is 2. The number of rotatable bonds is 7. The highest BCUT2D eigenvalue weighted by molar-refractivity contribution is 7.90. The Morgan fingerprint density at radius 2 is 1.67 bits per heavy atom. The lowest BCUT2D eigenvalue weighted by Gasteiger charge is -2.34. The summed E-state index contributed by atoms with van der Waals surface area (Å²) in [5, 5.41) is 3.21. The molecule has 4 aromatic rings. The Morgan fingerprint density at radius 3 is 2.36 bits per heavy atom. The van der Waals surface area contributed by atoms with Crippen LogP contribution in [0.25, 0.3) is 16.9 Å². The predicted octanol–water partition coefficient (Wildman–Crippen LogP) is 2.69. The molecule has 2 amide bonds. The number of carbonyl (C=O) groups excluding carboxylic acids is 2. The van der Waals surface area contributed by atoms with Crippen LogP contribution in [0.3, 0.4) is 0 Å². The third kappa shape index (κ3) is 6.01. The Balaban J connectivity index is 1.22. The average molecular weight is 549 g/mol. The Morgan fingerprint density at radius 1 is 0.974 bits per heavy atom. The highest BCUT2D eigenvalue weighted by atomic mass is 32.2. The molecular weight excluding hydrogens is 520 g/mol. The number of sulfone groups is 1. The minimum atomic E-state index is -3.33. The van der Waals surface area contributed by atoms with Crippen molar-refractivity contribution in [1.82, 2.24) is 24.2 Å². The van der Waals surface area contributed by atoms with Crippen LogP contribution in [0.4, 0.5) is 10.6 Å². The van der Waals surface area contributed by atoms with Gasteiger partial charge in [-0.25, -0.2) is 18.2 Å². The zero-order valence-electron chi connectivity index (χ0n) is 21.4. The fourth-order valence-electron chi connectivity index (χ4n) is 4.36. The topological polar surface area (TPSA) is 126 Å². The lowest BCUT2D eigenvalue weighted by Crippen LogP contribution is -2.51. The van der Waals surface area contributed by atoms with Crippen molar-refractivity contribution in [3.63, 3.8) is 0 Å². The van der Waals surface area contributed by atoms with Crippen molar-refractivity contribution in [3.05, 3.63) is 78.8 Å². The highest BCUT2D eigenvalue weighted by Crippen LogP contribution is 2.29. The number of aromatic nitrogens is 3. The van der Waals surface area contributed by atoms with Crippen LogP contribution in [0.2, 0.25) is 0 Å². The number of benzene rings is 2. The molecule has 0 spiro atoms. The summed E-state index contributed by atoms with van der Waals surface area (Å²) in [5.41, 5.74) is 2.77. The Hall–Kier alpha value is -4.45. The van der Waals surface area contributed by atoms with Crippen molar-refractivity contribution in [2.24, 2.45) is 0 Å². The van der Waals surface area contributed by atoms with Crippen molar-refractivity contribution in [1.29, 1.82) is 0 Å². The summed E-state index contributed by atoms with van der Waals surface area (Å²) in [6, 6.07) is 15.9. The molecule has 3 heterocycles. The van der Waals surface area contributed by atoms with E-state index in [0.29, 0.717) is 48.9 Å². The van der Waals surface area contributed by atoms with Gasteiger partial charge in [0.25, 0.3) is 0 Å². The number of ether oxygens (including phenoxy) is 1. The highest BCUT2D eigenvalue weighted by Gasteiger charge is 2.25. The van der Waals surface area contributed by atoms with Gasteiger partial charge in [0.15, 0.2) is 15.5 Å². The van der Waals surface area contributed by atoms with Gasteiger partial charge in [-0.2, -0.15) is 0 Å². The Kier molecular flexibility index (Phi) is 7.46. The number of nitrogens with zero attached hydrogens (tertiary/aromatic N) is 5. The van der Waals surface area contributed by atoms with E-state index in [4.69, 9.17) is 4.74 Å². The summed E-state index contributed by atoms with van der Waals surface area (Å²) in [6.45, 7) is 1.80. The summed E-state index contributed by atoms with van der Waals surface area (Å²) in [4.78, 5) is 37.8. The number of piperazine rings is 1. The first-order valence-corrected chi connectivity index (χ1v) is 14.3. The maximum atomic E-state index is 13.0. The summed E-state index contributed by atoms with van der Waals surface area (Å²) in [6.07, 6.45) is 5.73. The van der Waals surface area contributed by atoms with E-state index >= 15 is 0 Å². The normalized spacial score (nSPS) is 13.9. The molecule has 2 aromatic heterocycles. The molecule has 2 aromatic carbocycles. The number of hydrogen-bond donors (Lipinski definition) is 1. The molecule has 0 unspecified atom stereocenters. The second kappa shape index (κ2) is 11.1.